The first kappa shape index (κ1) is 4.04. The monoisotopic (exact) mass is 100 g/mol. The highest BCUT2D eigenvalue weighted by atomic mass is 15.7. The van der Waals surface area contributed by atoms with Crippen molar-refractivity contribution in [3.8, 4) is 0 Å². The first-order valence-corrected chi connectivity index (χ1v) is 1.89. The Morgan fingerprint density at radius 1 is 1.86 bits per heavy atom. The van der Waals surface area contributed by atoms with Gasteiger partial charge >= 0.3 is 6.33 Å². The lowest BCUT2D eigenvalue weighted by molar-refractivity contribution is -0.708. The third-order valence-corrected chi connectivity index (χ3v) is 0.618. The number of rotatable bonds is 1. The molecule has 0 aliphatic rings. The maximum absolute atomic E-state index is 3.49. The molecule has 0 aromatic carbocycles. The van der Waals surface area contributed by atoms with Crippen molar-refractivity contribution in [2.45, 2.75) is 0 Å². The van der Waals surface area contributed by atoms with Crippen molar-refractivity contribution in [2.75, 3.05) is 12.5 Å². The van der Waals surface area contributed by atoms with E-state index in [1.54, 1.807) is 7.05 Å². The fourth-order valence-electron chi connectivity index (χ4n) is 0.285. The van der Waals surface area contributed by atoms with Gasteiger partial charge < -0.3 is 0 Å². The van der Waals surface area contributed by atoms with Crippen LogP contribution >= 0.6 is 0 Å². The summed E-state index contributed by atoms with van der Waals surface area (Å²) in [5.41, 5.74) is 2.74. The first-order valence-electron chi connectivity index (χ1n) is 1.89. The number of H-pyrrole nitrogens is 1. The van der Waals surface area contributed by atoms with Crippen LogP contribution < -0.4 is 10.2 Å². The molecule has 0 fully saturated rings. The van der Waals surface area contributed by atoms with Gasteiger partial charge in [0.2, 0.25) is 0 Å². The average Bonchev–Trinajstić information content (AvgIpc) is 2.14. The highest BCUT2D eigenvalue weighted by Crippen LogP contribution is 1.43. The van der Waals surface area contributed by atoms with Crippen LogP contribution in [0.3, 0.4) is 0 Å². The summed E-state index contributed by atoms with van der Waals surface area (Å²) in [7, 11) is 1.76. The van der Waals surface area contributed by atoms with E-state index in [4.69, 9.17) is 0 Å². The van der Waals surface area contributed by atoms with Gasteiger partial charge in [0.25, 0.3) is 0 Å². The Labute approximate surface area is 40.3 Å². The molecule has 0 radical (unpaired) electrons. The Kier molecular flexibility index (Phi) is 0.892. The smallest absolute Gasteiger partial charge is 0.262 e. The summed E-state index contributed by atoms with van der Waals surface area (Å²) in [6, 6.07) is 0. The standard InChI is InChI=1S/C2H5N5/c1-3-7-2-4-5-6-7/h2-3H,1H3/p+1. The van der Waals surface area contributed by atoms with Crippen LogP contribution in [-0.2, 0) is 0 Å². The topological polar surface area (TPSA) is 57.5 Å². The molecule has 1 rings (SSSR count). The number of aromatic amines is 1. The van der Waals surface area contributed by atoms with Crippen LogP contribution in [0, 0.1) is 0 Å². The number of hydrogen-bond acceptors (Lipinski definition) is 3. The van der Waals surface area contributed by atoms with Crippen molar-refractivity contribution in [3.63, 3.8) is 0 Å². The van der Waals surface area contributed by atoms with Gasteiger partial charge in [-0.05, 0) is 0 Å². The fraction of sp³-hybridized carbons (Fsp3) is 0.500. The van der Waals surface area contributed by atoms with Gasteiger partial charge in [-0.3, -0.25) is 5.43 Å². The van der Waals surface area contributed by atoms with E-state index >= 15 is 0 Å². The molecule has 1 aromatic rings. The van der Waals surface area contributed by atoms with Crippen LogP contribution in [0.25, 0.3) is 0 Å². The molecule has 0 amide bonds. The van der Waals surface area contributed by atoms with Crippen LogP contribution in [0.5, 0.6) is 0 Å². The second-order valence-corrected chi connectivity index (χ2v) is 1.02. The van der Waals surface area contributed by atoms with Crippen LogP contribution in [0.4, 0.5) is 0 Å². The highest BCUT2D eigenvalue weighted by molar-refractivity contribution is 4.21. The third kappa shape index (κ3) is 0.648. The molecular weight excluding hydrogens is 94.1 g/mol. The first-order chi connectivity index (χ1) is 3.43. The van der Waals surface area contributed by atoms with Crippen molar-refractivity contribution in [1.29, 1.82) is 0 Å². The van der Waals surface area contributed by atoms with Gasteiger partial charge in [-0.2, -0.15) is 0 Å². The quantitative estimate of drug-likeness (QED) is 0.412. The van der Waals surface area contributed by atoms with E-state index in [9.17, 15) is 0 Å². The van der Waals surface area contributed by atoms with Crippen molar-refractivity contribution in [3.05, 3.63) is 6.33 Å². The molecule has 1 heterocycles. The second kappa shape index (κ2) is 1.55. The second-order valence-electron chi connectivity index (χ2n) is 1.02. The highest BCUT2D eigenvalue weighted by Gasteiger charge is 1.88. The van der Waals surface area contributed by atoms with Crippen LogP contribution in [0.1, 0.15) is 0 Å². The predicted molar refractivity (Wildman–Crippen MR) is 21.9 cm³/mol. The Balaban J connectivity index is 2.76. The van der Waals surface area contributed by atoms with E-state index in [2.05, 4.69) is 21.0 Å². The van der Waals surface area contributed by atoms with Crippen LogP contribution in [0.15, 0.2) is 6.33 Å². The lowest BCUT2D eigenvalue weighted by Crippen LogP contribution is -2.44. The zero-order chi connectivity index (χ0) is 5.11. The van der Waals surface area contributed by atoms with Crippen molar-refractivity contribution < 1.29 is 4.79 Å². The summed E-state index contributed by atoms with van der Waals surface area (Å²) >= 11 is 0. The Hall–Kier alpha value is -1.13. The minimum atomic E-state index is 1.53. The Bertz CT molecular complexity index is 121. The van der Waals surface area contributed by atoms with Gasteiger partial charge in [0, 0.05) is 7.05 Å². The lowest BCUT2D eigenvalue weighted by atomic mass is 11.3. The molecule has 0 atom stereocenters. The molecule has 2 N–H and O–H groups in total. The maximum Gasteiger partial charge on any atom is 0.311 e. The van der Waals surface area contributed by atoms with E-state index in [1.807, 2.05) is 0 Å². The zero-order valence-electron chi connectivity index (χ0n) is 3.92. The minimum absolute atomic E-state index is 1.53. The van der Waals surface area contributed by atoms with Gasteiger partial charge in [0.1, 0.15) is 5.10 Å². The molecule has 1 aromatic heterocycles. The Morgan fingerprint density at radius 2 is 2.71 bits per heavy atom. The van der Waals surface area contributed by atoms with E-state index in [0.717, 1.165) is 0 Å². The van der Waals surface area contributed by atoms with E-state index < -0.39 is 0 Å². The number of nitrogens with zero attached hydrogens (tertiary/aromatic N) is 3. The van der Waals surface area contributed by atoms with E-state index in [0.29, 0.717) is 0 Å². The molecule has 0 aliphatic heterocycles. The van der Waals surface area contributed by atoms with Gasteiger partial charge in [-0.25, -0.2) is 0 Å². The summed E-state index contributed by atoms with van der Waals surface area (Å²) in [6.07, 6.45) is 1.53. The SMILES string of the molecule is CN[n+]1cnn[nH]1. The summed E-state index contributed by atoms with van der Waals surface area (Å²) in [6.45, 7) is 0. The lowest BCUT2D eigenvalue weighted by Gasteiger charge is -1.83. The zero-order valence-corrected chi connectivity index (χ0v) is 3.92. The molecular formula is C2H6N5+. The summed E-state index contributed by atoms with van der Waals surface area (Å²) in [5, 5.41) is 9.44. The molecule has 7 heavy (non-hydrogen) atoms. The van der Waals surface area contributed by atoms with Gasteiger partial charge in [0.05, 0.1) is 0 Å². The van der Waals surface area contributed by atoms with Gasteiger partial charge in [-0.15, -0.1) is 0 Å². The largest absolute Gasteiger partial charge is 0.311 e. The van der Waals surface area contributed by atoms with Gasteiger partial charge in [-0.1, -0.05) is 10.0 Å². The fourth-order valence-corrected chi connectivity index (χ4v) is 0.285. The summed E-state index contributed by atoms with van der Waals surface area (Å²) < 4.78 is 0. The van der Waals surface area contributed by atoms with E-state index in [-0.39, 0.29) is 0 Å². The maximum atomic E-state index is 3.49. The summed E-state index contributed by atoms with van der Waals surface area (Å²) in [5.74, 6) is 0. The van der Waals surface area contributed by atoms with E-state index in [1.165, 1.54) is 11.1 Å². The van der Waals surface area contributed by atoms with Crippen LogP contribution in [-0.4, -0.2) is 22.6 Å². The average molecular weight is 100 g/mol. The molecule has 5 heteroatoms. The molecule has 5 nitrogen and oxygen atoms in total. The molecule has 0 spiro atoms. The molecule has 38 valence electrons. The van der Waals surface area contributed by atoms with Crippen molar-refractivity contribution in [1.82, 2.24) is 15.5 Å². The van der Waals surface area contributed by atoms with Crippen molar-refractivity contribution in [2.24, 2.45) is 0 Å². The van der Waals surface area contributed by atoms with Gasteiger partial charge in [0.15, 0.2) is 5.21 Å². The number of hydrogen-bond donors (Lipinski definition) is 2. The molecule has 0 bridgehead atoms. The molecule has 0 saturated heterocycles. The van der Waals surface area contributed by atoms with Crippen LogP contribution in [0.2, 0.25) is 0 Å². The van der Waals surface area contributed by atoms with Crippen molar-refractivity contribution >= 4 is 0 Å². The predicted octanol–water partition coefficient (Wildman–Crippen LogP) is -1.73. The number of aromatic nitrogens is 4. The Morgan fingerprint density at radius 3 is 3.00 bits per heavy atom. The summed E-state index contributed by atoms with van der Waals surface area (Å²) in [4.78, 5) is 1.53. The molecule has 0 unspecified atom stereocenters. The minimum Gasteiger partial charge on any atom is -0.262 e. The molecule has 0 aliphatic carbocycles. The molecule has 0 saturated carbocycles. The number of tetrazole rings is 1. The number of nitrogens with one attached hydrogen (secondary N) is 2. The third-order valence-electron chi connectivity index (χ3n) is 0.618. The normalized spacial score (nSPS) is 8.71.